The molecular weight excluding hydrogens is 190 g/mol. The zero-order valence-electron chi connectivity index (χ0n) is 7.73. The lowest BCUT2D eigenvalue weighted by Gasteiger charge is -1.95. The summed E-state index contributed by atoms with van der Waals surface area (Å²) in [5.74, 6) is 1.22. The van der Waals surface area contributed by atoms with Gasteiger partial charge in [-0.05, 0) is 6.92 Å². The second kappa shape index (κ2) is 4.99. The standard InChI is InChI=1S/C8H13N3O.ClH/c1-4-5(2)7-10-8(6(3)9)12-11-7;/h4-6H,1,9H2,2-3H3;1H. The second-order valence-electron chi connectivity index (χ2n) is 2.80. The number of nitrogens with two attached hydrogens (primary N) is 1. The van der Waals surface area contributed by atoms with Gasteiger partial charge in [0.1, 0.15) is 0 Å². The topological polar surface area (TPSA) is 64.9 Å². The van der Waals surface area contributed by atoms with Gasteiger partial charge in [-0.25, -0.2) is 0 Å². The monoisotopic (exact) mass is 203 g/mol. The van der Waals surface area contributed by atoms with E-state index >= 15 is 0 Å². The summed E-state index contributed by atoms with van der Waals surface area (Å²) in [6.45, 7) is 7.39. The van der Waals surface area contributed by atoms with Crippen molar-refractivity contribution in [1.82, 2.24) is 10.1 Å². The lowest BCUT2D eigenvalue weighted by atomic mass is 10.2. The van der Waals surface area contributed by atoms with Crippen molar-refractivity contribution in [3.05, 3.63) is 24.4 Å². The molecule has 0 saturated heterocycles. The first-order valence-corrected chi connectivity index (χ1v) is 3.86. The van der Waals surface area contributed by atoms with E-state index in [1.54, 1.807) is 13.0 Å². The van der Waals surface area contributed by atoms with Gasteiger partial charge in [0.05, 0.1) is 6.04 Å². The van der Waals surface area contributed by atoms with Gasteiger partial charge < -0.3 is 10.3 Å². The van der Waals surface area contributed by atoms with Crippen LogP contribution >= 0.6 is 12.4 Å². The first-order chi connectivity index (χ1) is 5.65. The van der Waals surface area contributed by atoms with E-state index < -0.39 is 0 Å². The van der Waals surface area contributed by atoms with E-state index in [9.17, 15) is 0 Å². The summed E-state index contributed by atoms with van der Waals surface area (Å²) in [5, 5.41) is 3.77. The van der Waals surface area contributed by atoms with E-state index in [0.717, 1.165) is 0 Å². The van der Waals surface area contributed by atoms with Crippen LogP contribution in [0.25, 0.3) is 0 Å². The van der Waals surface area contributed by atoms with Crippen molar-refractivity contribution in [2.45, 2.75) is 25.8 Å². The summed E-state index contributed by atoms with van der Waals surface area (Å²) in [7, 11) is 0. The zero-order chi connectivity index (χ0) is 9.14. The molecule has 5 heteroatoms. The molecule has 0 fully saturated rings. The van der Waals surface area contributed by atoms with E-state index in [2.05, 4.69) is 16.7 Å². The van der Waals surface area contributed by atoms with Crippen molar-refractivity contribution in [1.29, 1.82) is 0 Å². The highest BCUT2D eigenvalue weighted by Gasteiger charge is 2.12. The lowest BCUT2D eigenvalue weighted by molar-refractivity contribution is 0.356. The molecule has 0 radical (unpaired) electrons. The Morgan fingerprint density at radius 2 is 2.15 bits per heavy atom. The fraction of sp³-hybridized carbons (Fsp3) is 0.500. The van der Waals surface area contributed by atoms with Crippen molar-refractivity contribution in [3.8, 4) is 0 Å². The number of allylic oxidation sites excluding steroid dienone is 1. The number of hydrogen-bond acceptors (Lipinski definition) is 4. The molecule has 0 saturated carbocycles. The van der Waals surface area contributed by atoms with Crippen LogP contribution in [-0.2, 0) is 0 Å². The Morgan fingerprint density at radius 1 is 1.54 bits per heavy atom. The molecule has 1 heterocycles. The Morgan fingerprint density at radius 3 is 2.54 bits per heavy atom. The van der Waals surface area contributed by atoms with Crippen LogP contribution < -0.4 is 5.73 Å². The van der Waals surface area contributed by atoms with Gasteiger partial charge in [0.15, 0.2) is 5.82 Å². The predicted octanol–water partition coefficient (Wildman–Crippen LogP) is 1.80. The van der Waals surface area contributed by atoms with Crippen LogP contribution in [0.15, 0.2) is 17.2 Å². The third-order valence-electron chi connectivity index (χ3n) is 1.61. The summed E-state index contributed by atoms with van der Waals surface area (Å²) in [6.07, 6.45) is 1.76. The summed E-state index contributed by atoms with van der Waals surface area (Å²) >= 11 is 0. The molecule has 2 unspecified atom stereocenters. The molecule has 0 aliphatic rings. The van der Waals surface area contributed by atoms with Crippen LogP contribution in [0.3, 0.4) is 0 Å². The highest BCUT2D eigenvalue weighted by Crippen LogP contribution is 2.14. The molecule has 0 aliphatic heterocycles. The number of nitrogens with zero attached hydrogens (tertiary/aromatic N) is 2. The summed E-state index contributed by atoms with van der Waals surface area (Å²) in [4.78, 5) is 4.11. The van der Waals surface area contributed by atoms with E-state index in [0.29, 0.717) is 11.7 Å². The maximum Gasteiger partial charge on any atom is 0.243 e. The van der Waals surface area contributed by atoms with Crippen LogP contribution in [0.2, 0.25) is 0 Å². The normalized spacial score (nSPS) is 14.4. The van der Waals surface area contributed by atoms with Gasteiger partial charge in [0.2, 0.25) is 5.89 Å². The molecule has 0 amide bonds. The van der Waals surface area contributed by atoms with E-state index in [1.165, 1.54) is 0 Å². The molecule has 1 aromatic rings. The fourth-order valence-electron chi connectivity index (χ4n) is 0.723. The average molecular weight is 204 g/mol. The molecule has 2 N–H and O–H groups in total. The third-order valence-corrected chi connectivity index (χ3v) is 1.61. The molecule has 13 heavy (non-hydrogen) atoms. The van der Waals surface area contributed by atoms with Crippen molar-refractivity contribution >= 4 is 12.4 Å². The van der Waals surface area contributed by atoms with Gasteiger partial charge in [-0.15, -0.1) is 19.0 Å². The third kappa shape index (κ3) is 2.82. The Bertz CT molecular complexity index is 272. The number of aromatic nitrogens is 2. The smallest absolute Gasteiger partial charge is 0.243 e. The number of hydrogen-bond donors (Lipinski definition) is 1. The summed E-state index contributed by atoms with van der Waals surface area (Å²) in [6, 6.07) is -0.205. The van der Waals surface area contributed by atoms with Crippen molar-refractivity contribution in [2.75, 3.05) is 0 Å². The van der Waals surface area contributed by atoms with Crippen LogP contribution in [0, 0.1) is 0 Å². The Hall–Kier alpha value is -0.870. The van der Waals surface area contributed by atoms with Gasteiger partial charge in [0.25, 0.3) is 0 Å². The quantitative estimate of drug-likeness (QED) is 0.761. The molecule has 2 atom stereocenters. The molecule has 74 valence electrons. The SMILES string of the molecule is C=CC(C)c1noc(C(C)N)n1.Cl. The summed E-state index contributed by atoms with van der Waals surface area (Å²) < 4.78 is 4.92. The molecule has 4 nitrogen and oxygen atoms in total. The fourth-order valence-corrected chi connectivity index (χ4v) is 0.723. The minimum atomic E-state index is -0.205. The van der Waals surface area contributed by atoms with Crippen molar-refractivity contribution in [3.63, 3.8) is 0 Å². The Labute approximate surface area is 83.6 Å². The first kappa shape index (κ1) is 12.1. The number of rotatable bonds is 3. The van der Waals surface area contributed by atoms with Crippen LogP contribution in [0.5, 0.6) is 0 Å². The molecule has 0 spiro atoms. The maximum absolute atomic E-state index is 5.55. The van der Waals surface area contributed by atoms with Gasteiger partial charge in [0, 0.05) is 5.92 Å². The van der Waals surface area contributed by atoms with Gasteiger partial charge in [-0.2, -0.15) is 4.98 Å². The van der Waals surface area contributed by atoms with Gasteiger partial charge >= 0.3 is 0 Å². The second-order valence-corrected chi connectivity index (χ2v) is 2.80. The van der Waals surface area contributed by atoms with Crippen molar-refractivity contribution in [2.24, 2.45) is 5.73 Å². The van der Waals surface area contributed by atoms with E-state index in [-0.39, 0.29) is 24.4 Å². The van der Waals surface area contributed by atoms with Crippen LogP contribution in [0.1, 0.15) is 37.5 Å². The maximum atomic E-state index is 5.55. The Balaban J connectivity index is 0.00000144. The van der Waals surface area contributed by atoms with E-state index in [1.807, 2.05) is 6.92 Å². The minimum Gasteiger partial charge on any atom is -0.338 e. The highest BCUT2D eigenvalue weighted by atomic mass is 35.5. The summed E-state index contributed by atoms with van der Waals surface area (Å²) in [5.41, 5.74) is 5.55. The molecule has 0 bridgehead atoms. The zero-order valence-corrected chi connectivity index (χ0v) is 8.54. The molecule has 0 aliphatic carbocycles. The van der Waals surface area contributed by atoms with Gasteiger partial charge in [-0.1, -0.05) is 18.2 Å². The number of halogens is 1. The van der Waals surface area contributed by atoms with E-state index in [4.69, 9.17) is 10.3 Å². The van der Waals surface area contributed by atoms with Crippen LogP contribution in [-0.4, -0.2) is 10.1 Å². The molecular formula is C8H14ClN3O. The predicted molar refractivity (Wildman–Crippen MR) is 52.8 cm³/mol. The Kier molecular flexibility index (Phi) is 4.66. The first-order valence-electron chi connectivity index (χ1n) is 3.86. The minimum absolute atomic E-state index is 0. The average Bonchev–Trinajstić information content (AvgIpc) is 2.51. The van der Waals surface area contributed by atoms with Gasteiger partial charge in [-0.3, -0.25) is 0 Å². The molecule has 1 rings (SSSR count). The highest BCUT2D eigenvalue weighted by molar-refractivity contribution is 5.85. The molecule has 1 aromatic heterocycles. The van der Waals surface area contributed by atoms with Crippen molar-refractivity contribution < 1.29 is 4.52 Å². The molecule has 0 aromatic carbocycles. The largest absolute Gasteiger partial charge is 0.338 e. The van der Waals surface area contributed by atoms with Crippen LogP contribution in [0.4, 0.5) is 0 Å². The lowest BCUT2D eigenvalue weighted by Crippen LogP contribution is -2.05.